The minimum atomic E-state index is -3.77. The summed E-state index contributed by atoms with van der Waals surface area (Å²) in [6, 6.07) is 15.4. The summed E-state index contributed by atoms with van der Waals surface area (Å²) in [7, 11) is -3.77. The van der Waals surface area contributed by atoms with Crippen molar-refractivity contribution in [2.24, 2.45) is 0 Å². The molecule has 2 atom stereocenters. The zero-order valence-electron chi connectivity index (χ0n) is 13.6. The van der Waals surface area contributed by atoms with Gasteiger partial charge in [0.1, 0.15) is 5.78 Å². The van der Waals surface area contributed by atoms with Crippen LogP contribution in [-0.2, 0) is 19.2 Å². The standard InChI is InChI=1S/C18H20BrO4P/c1-3-23-24(22,17-7-5-4-6-8-17)18(21,13-14(2)20)15-9-11-16(19)12-10-15/h4-12,21H,3,13H2,1-2H3/t18-,24+/m1/s1. The lowest BCUT2D eigenvalue weighted by Crippen LogP contribution is -2.34. The van der Waals surface area contributed by atoms with Gasteiger partial charge in [-0.3, -0.25) is 9.36 Å². The van der Waals surface area contributed by atoms with Crippen molar-refractivity contribution in [3.05, 3.63) is 64.6 Å². The van der Waals surface area contributed by atoms with Crippen LogP contribution in [0.4, 0.5) is 0 Å². The molecule has 0 unspecified atom stereocenters. The summed E-state index contributed by atoms with van der Waals surface area (Å²) in [5.74, 6) is -0.267. The topological polar surface area (TPSA) is 63.6 Å². The maximum atomic E-state index is 13.8. The summed E-state index contributed by atoms with van der Waals surface area (Å²) in [6.07, 6.45) is -0.291. The molecule has 0 aromatic heterocycles. The van der Waals surface area contributed by atoms with E-state index in [1.165, 1.54) is 6.92 Å². The molecule has 4 nitrogen and oxygen atoms in total. The summed E-state index contributed by atoms with van der Waals surface area (Å²) in [4.78, 5) is 11.8. The van der Waals surface area contributed by atoms with Gasteiger partial charge in [-0.1, -0.05) is 46.3 Å². The van der Waals surface area contributed by atoms with Gasteiger partial charge < -0.3 is 9.63 Å². The zero-order chi connectivity index (χ0) is 17.8. The predicted octanol–water partition coefficient (Wildman–Crippen LogP) is 4.21. The summed E-state index contributed by atoms with van der Waals surface area (Å²) < 4.78 is 20.3. The molecule has 0 fully saturated rings. The molecular weight excluding hydrogens is 391 g/mol. The quantitative estimate of drug-likeness (QED) is 0.694. The first-order chi connectivity index (χ1) is 11.3. The first kappa shape index (κ1) is 19.1. The third-order valence-corrected chi connectivity index (χ3v) is 7.21. The highest BCUT2D eigenvalue weighted by Gasteiger charge is 2.51. The lowest BCUT2D eigenvalue weighted by molar-refractivity contribution is -0.120. The molecule has 0 amide bonds. The van der Waals surface area contributed by atoms with E-state index in [0.717, 1.165) is 4.47 Å². The fourth-order valence-electron chi connectivity index (χ4n) is 2.64. The molecule has 128 valence electrons. The van der Waals surface area contributed by atoms with E-state index in [-0.39, 0.29) is 18.8 Å². The molecule has 24 heavy (non-hydrogen) atoms. The van der Waals surface area contributed by atoms with Gasteiger partial charge in [-0.25, -0.2) is 0 Å². The van der Waals surface area contributed by atoms with Crippen LogP contribution in [0.3, 0.4) is 0 Å². The van der Waals surface area contributed by atoms with E-state index in [1.807, 2.05) is 0 Å². The molecule has 0 radical (unpaired) electrons. The van der Waals surface area contributed by atoms with Gasteiger partial charge in [0.05, 0.1) is 6.61 Å². The molecule has 0 saturated heterocycles. The molecule has 2 rings (SSSR count). The van der Waals surface area contributed by atoms with Crippen LogP contribution < -0.4 is 5.30 Å². The number of benzene rings is 2. The number of aliphatic hydroxyl groups is 1. The Bertz CT molecular complexity index is 745. The van der Waals surface area contributed by atoms with Gasteiger partial charge in [0.25, 0.3) is 7.37 Å². The van der Waals surface area contributed by atoms with Crippen LogP contribution in [0.25, 0.3) is 0 Å². The monoisotopic (exact) mass is 410 g/mol. The van der Waals surface area contributed by atoms with E-state index in [9.17, 15) is 14.5 Å². The van der Waals surface area contributed by atoms with Crippen LogP contribution >= 0.6 is 23.3 Å². The maximum absolute atomic E-state index is 13.8. The van der Waals surface area contributed by atoms with Crippen molar-refractivity contribution in [1.82, 2.24) is 0 Å². The number of halogens is 1. The first-order valence-electron chi connectivity index (χ1n) is 7.61. The average molecular weight is 411 g/mol. The Morgan fingerprint density at radius 3 is 2.25 bits per heavy atom. The molecule has 0 saturated carbocycles. The first-order valence-corrected chi connectivity index (χ1v) is 10.0. The van der Waals surface area contributed by atoms with Crippen LogP contribution in [-0.4, -0.2) is 17.5 Å². The molecule has 2 aromatic carbocycles. The third-order valence-electron chi connectivity index (χ3n) is 3.70. The Kier molecular flexibility index (Phi) is 6.16. The summed E-state index contributed by atoms with van der Waals surface area (Å²) >= 11 is 3.34. The van der Waals surface area contributed by atoms with Crippen molar-refractivity contribution in [2.45, 2.75) is 25.6 Å². The minimum absolute atomic E-state index is 0.156. The van der Waals surface area contributed by atoms with E-state index >= 15 is 0 Å². The second-order valence-electron chi connectivity index (χ2n) is 5.51. The number of carbonyl (C=O) groups excluding carboxylic acids is 1. The van der Waals surface area contributed by atoms with Gasteiger partial charge >= 0.3 is 0 Å². The fourth-order valence-corrected chi connectivity index (χ4v) is 5.54. The highest BCUT2D eigenvalue weighted by molar-refractivity contribution is 9.10. The molecule has 6 heteroatoms. The number of Topliss-reactive ketones (excluding diaryl/α,β-unsaturated/α-hetero) is 1. The zero-order valence-corrected chi connectivity index (χ0v) is 16.1. The largest absolute Gasteiger partial charge is 0.374 e. The molecule has 0 heterocycles. The Labute approximate surface area is 150 Å². The average Bonchev–Trinajstić information content (AvgIpc) is 2.55. The van der Waals surface area contributed by atoms with Gasteiger partial charge in [0.15, 0.2) is 5.34 Å². The van der Waals surface area contributed by atoms with E-state index in [0.29, 0.717) is 10.9 Å². The normalized spacial score (nSPS) is 16.2. The van der Waals surface area contributed by atoms with Crippen LogP contribution in [0.2, 0.25) is 0 Å². The maximum Gasteiger partial charge on any atom is 0.267 e. The van der Waals surface area contributed by atoms with Gasteiger partial charge in [0.2, 0.25) is 0 Å². The van der Waals surface area contributed by atoms with Crippen molar-refractivity contribution in [1.29, 1.82) is 0 Å². The highest BCUT2D eigenvalue weighted by Crippen LogP contribution is 2.63. The smallest absolute Gasteiger partial charge is 0.267 e. The molecule has 2 aromatic rings. The molecule has 0 aliphatic carbocycles. The van der Waals surface area contributed by atoms with Gasteiger partial charge in [-0.2, -0.15) is 0 Å². The summed E-state index contributed by atoms with van der Waals surface area (Å²) in [5, 5.41) is 9.89. The Morgan fingerprint density at radius 1 is 1.17 bits per heavy atom. The summed E-state index contributed by atoms with van der Waals surface area (Å²) in [5.41, 5.74) is 0.390. The van der Waals surface area contributed by atoms with Crippen molar-refractivity contribution < 1.29 is 19.0 Å². The minimum Gasteiger partial charge on any atom is -0.374 e. The van der Waals surface area contributed by atoms with Crippen LogP contribution in [0.15, 0.2) is 59.1 Å². The lowest BCUT2D eigenvalue weighted by Gasteiger charge is -2.35. The Balaban J connectivity index is 2.69. The predicted molar refractivity (Wildman–Crippen MR) is 98.6 cm³/mol. The van der Waals surface area contributed by atoms with Gasteiger partial charge in [-0.15, -0.1) is 0 Å². The molecule has 0 aliphatic rings. The molecule has 0 bridgehead atoms. The SMILES string of the molecule is CCO[P@@](=O)(c1ccccc1)[C@](O)(CC(C)=O)c1ccc(Br)cc1. The molecule has 0 aliphatic heterocycles. The van der Waals surface area contributed by atoms with Crippen molar-refractivity contribution in [3.63, 3.8) is 0 Å². The number of ketones is 1. The Hall–Kier alpha value is -1.26. The van der Waals surface area contributed by atoms with E-state index in [1.54, 1.807) is 61.5 Å². The second kappa shape index (κ2) is 7.75. The molecular formula is C18H20BrO4P. The third kappa shape index (κ3) is 3.70. The van der Waals surface area contributed by atoms with Crippen molar-refractivity contribution >= 4 is 34.4 Å². The number of hydrogen-bond acceptors (Lipinski definition) is 4. The van der Waals surface area contributed by atoms with Crippen LogP contribution in [0.5, 0.6) is 0 Å². The van der Waals surface area contributed by atoms with Crippen molar-refractivity contribution in [3.8, 4) is 0 Å². The van der Waals surface area contributed by atoms with E-state index in [4.69, 9.17) is 4.52 Å². The molecule has 0 spiro atoms. The lowest BCUT2D eigenvalue weighted by atomic mass is 10.0. The Morgan fingerprint density at radius 2 is 1.75 bits per heavy atom. The van der Waals surface area contributed by atoms with Gasteiger partial charge in [0, 0.05) is 16.2 Å². The number of hydrogen-bond donors (Lipinski definition) is 1. The second-order valence-corrected chi connectivity index (χ2v) is 9.04. The van der Waals surface area contributed by atoms with Crippen molar-refractivity contribution in [2.75, 3.05) is 6.61 Å². The fraction of sp³-hybridized carbons (Fsp3) is 0.278. The van der Waals surface area contributed by atoms with Gasteiger partial charge in [-0.05, 0) is 43.7 Å². The van der Waals surface area contributed by atoms with Crippen LogP contribution in [0.1, 0.15) is 25.8 Å². The molecule has 1 N–H and O–H groups in total. The van der Waals surface area contributed by atoms with Crippen LogP contribution in [0, 0.1) is 0 Å². The van der Waals surface area contributed by atoms with E-state index in [2.05, 4.69) is 15.9 Å². The highest BCUT2D eigenvalue weighted by atomic mass is 79.9. The number of rotatable bonds is 7. The number of carbonyl (C=O) groups is 1. The van der Waals surface area contributed by atoms with E-state index < -0.39 is 12.7 Å². The summed E-state index contributed by atoms with van der Waals surface area (Å²) in [6.45, 7) is 3.24.